The highest BCUT2D eigenvalue weighted by atomic mass is 35.5. The van der Waals surface area contributed by atoms with Crippen molar-refractivity contribution in [2.75, 3.05) is 11.1 Å². The molecule has 0 spiro atoms. The third kappa shape index (κ3) is 4.48. The number of amides is 1. The van der Waals surface area contributed by atoms with E-state index in [9.17, 15) is 4.79 Å². The average molecular weight is 293 g/mol. The van der Waals surface area contributed by atoms with Crippen LogP contribution < -0.4 is 16.4 Å². The smallest absolute Gasteiger partial charge is 0.263 e. The van der Waals surface area contributed by atoms with Gasteiger partial charge in [-0.1, -0.05) is 18.5 Å². The summed E-state index contributed by atoms with van der Waals surface area (Å²) in [5.74, 6) is -0.416. The van der Waals surface area contributed by atoms with Gasteiger partial charge in [0, 0.05) is 17.9 Å². The van der Waals surface area contributed by atoms with E-state index in [1.165, 1.54) is 6.20 Å². The van der Waals surface area contributed by atoms with Crippen LogP contribution in [0.3, 0.4) is 0 Å². The van der Waals surface area contributed by atoms with Crippen LogP contribution in [0.1, 0.15) is 20.3 Å². The first-order valence-corrected chi connectivity index (χ1v) is 6.58. The van der Waals surface area contributed by atoms with Gasteiger partial charge >= 0.3 is 0 Å². The van der Waals surface area contributed by atoms with E-state index in [0.717, 1.165) is 6.42 Å². The number of nitrogens with one attached hydrogen (secondary N) is 2. The molecule has 0 aliphatic heterocycles. The molecule has 4 N–H and O–H groups in total. The lowest BCUT2D eigenvalue weighted by atomic mass is 10.2. The SMILES string of the molecule is CCC(C)NC(=O)/C(C#N)=C\Nc1ccc(N)cc1Cl. The van der Waals surface area contributed by atoms with Crippen LogP contribution in [0, 0.1) is 11.3 Å². The largest absolute Gasteiger partial charge is 0.399 e. The van der Waals surface area contributed by atoms with Gasteiger partial charge in [0.05, 0.1) is 10.7 Å². The molecular weight excluding hydrogens is 276 g/mol. The van der Waals surface area contributed by atoms with Crippen molar-refractivity contribution in [3.63, 3.8) is 0 Å². The topological polar surface area (TPSA) is 90.9 Å². The highest BCUT2D eigenvalue weighted by molar-refractivity contribution is 6.33. The summed E-state index contributed by atoms with van der Waals surface area (Å²) in [6, 6.07) is 6.80. The Kier molecular flexibility index (Phi) is 5.88. The summed E-state index contributed by atoms with van der Waals surface area (Å²) >= 11 is 5.99. The Morgan fingerprint density at radius 3 is 2.85 bits per heavy atom. The first kappa shape index (κ1) is 15.9. The fourth-order valence-electron chi connectivity index (χ4n) is 1.35. The van der Waals surface area contributed by atoms with Crippen LogP contribution in [0.2, 0.25) is 5.02 Å². The second-order valence-electron chi connectivity index (χ2n) is 4.34. The first-order chi connectivity index (χ1) is 9.47. The van der Waals surface area contributed by atoms with Crippen molar-refractivity contribution < 1.29 is 4.79 Å². The van der Waals surface area contributed by atoms with Crippen LogP contribution in [0.15, 0.2) is 30.0 Å². The molecule has 1 amide bonds. The molecule has 0 aromatic heterocycles. The van der Waals surface area contributed by atoms with E-state index in [1.807, 2.05) is 19.9 Å². The lowest BCUT2D eigenvalue weighted by molar-refractivity contribution is -0.117. The molecule has 1 aromatic carbocycles. The minimum atomic E-state index is -0.416. The standard InChI is InChI=1S/C14H17ClN4O/c1-3-9(2)19-14(20)10(7-16)8-18-13-5-4-11(17)6-12(13)15/h4-6,8-9,18H,3,17H2,1-2H3,(H,19,20)/b10-8-. The van der Waals surface area contributed by atoms with E-state index in [1.54, 1.807) is 18.2 Å². The molecule has 106 valence electrons. The Morgan fingerprint density at radius 2 is 2.30 bits per heavy atom. The number of nitrogens with two attached hydrogens (primary N) is 1. The molecule has 0 heterocycles. The van der Waals surface area contributed by atoms with Crippen molar-refractivity contribution in [1.82, 2.24) is 5.32 Å². The van der Waals surface area contributed by atoms with Crippen LogP contribution in [0.4, 0.5) is 11.4 Å². The number of hydrogen-bond acceptors (Lipinski definition) is 4. The number of hydrogen-bond donors (Lipinski definition) is 3. The third-order valence-electron chi connectivity index (χ3n) is 2.72. The predicted octanol–water partition coefficient (Wildman–Crippen LogP) is 2.66. The van der Waals surface area contributed by atoms with Gasteiger partial charge in [0.2, 0.25) is 0 Å². The Balaban J connectivity index is 2.80. The molecule has 0 aliphatic rings. The summed E-state index contributed by atoms with van der Waals surface area (Å²) < 4.78 is 0. The van der Waals surface area contributed by atoms with Crippen LogP contribution in [-0.4, -0.2) is 11.9 Å². The number of benzene rings is 1. The van der Waals surface area contributed by atoms with Gasteiger partial charge in [-0.15, -0.1) is 0 Å². The number of nitrogens with zero attached hydrogens (tertiary/aromatic N) is 1. The summed E-state index contributed by atoms with van der Waals surface area (Å²) in [6.45, 7) is 3.82. The number of carbonyl (C=O) groups excluding carboxylic acids is 1. The lowest BCUT2D eigenvalue weighted by Gasteiger charge is -2.11. The molecule has 0 aliphatic carbocycles. The minimum Gasteiger partial charge on any atom is -0.399 e. The molecule has 1 rings (SSSR count). The quantitative estimate of drug-likeness (QED) is 0.442. The summed E-state index contributed by atoms with van der Waals surface area (Å²) in [5.41, 5.74) is 6.68. The Morgan fingerprint density at radius 1 is 1.60 bits per heavy atom. The maximum Gasteiger partial charge on any atom is 0.263 e. The Labute approximate surface area is 123 Å². The number of nitriles is 1. The number of halogens is 1. The van der Waals surface area contributed by atoms with Crippen molar-refractivity contribution in [2.24, 2.45) is 0 Å². The monoisotopic (exact) mass is 292 g/mol. The maximum atomic E-state index is 11.8. The molecular formula is C14H17ClN4O. The summed E-state index contributed by atoms with van der Waals surface area (Å²) in [4.78, 5) is 11.8. The molecule has 0 bridgehead atoms. The van der Waals surface area contributed by atoms with Gasteiger partial charge in [0.1, 0.15) is 11.6 Å². The molecule has 6 heteroatoms. The van der Waals surface area contributed by atoms with Gasteiger partial charge in [-0.3, -0.25) is 4.79 Å². The van der Waals surface area contributed by atoms with Gasteiger partial charge in [-0.05, 0) is 31.5 Å². The van der Waals surface area contributed by atoms with Crippen LogP contribution in [0.5, 0.6) is 0 Å². The zero-order valence-corrected chi connectivity index (χ0v) is 12.2. The summed E-state index contributed by atoms with van der Waals surface area (Å²) in [6.07, 6.45) is 2.12. The van der Waals surface area contributed by atoms with Gasteiger partial charge in [-0.2, -0.15) is 5.26 Å². The molecule has 0 saturated heterocycles. The summed E-state index contributed by atoms with van der Waals surface area (Å²) in [5, 5.41) is 15.0. The minimum absolute atomic E-state index is 0.0133. The Bertz CT molecular complexity index is 563. The molecule has 1 aromatic rings. The molecule has 20 heavy (non-hydrogen) atoms. The van der Waals surface area contributed by atoms with E-state index < -0.39 is 5.91 Å². The molecule has 5 nitrogen and oxygen atoms in total. The van der Waals surface area contributed by atoms with E-state index in [0.29, 0.717) is 16.4 Å². The van der Waals surface area contributed by atoms with Gasteiger partial charge < -0.3 is 16.4 Å². The maximum absolute atomic E-state index is 11.8. The van der Waals surface area contributed by atoms with Crippen molar-refractivity contribution in [3.05, 3.63) is 35.0 Å². The molecule has 1 unspecified atom stereocenters. The fourth-order valence-corrected chi connectivity index (χ4v) is 1.59. The van der Waals surface area contributed by atoms with E-state index in [4.69, 9.17) is 22.6 Å². The van der Waals surface area contributed by atoms with Gasteiger partial charge in [0.15, 0.2) is 0 Å². The average Bonchev–Trinajstić information content (AvgIpc) is 2.41. The van der Waals surface area contributed by atoms with Crippen molar-refractivity contribution in [1.29, 1.82) is 5.26 Å². The normalized spacial score (nSPS) is 12.4. The predicted molar refractivity (Wildman–Crippen MR) is 81.1 cm³/mol. The number of nitrogen functional groups attached to an aromatic ring is 1. The lowest BCUT2D eigenvalue weighted by Crippen LogP contribution is -2.33. The molecule has 1 atom stereocenters. The highest BCUT2D eigenvalue weighted by Gasteiger charge is 2.11. The highest BCUT2D eigenvalue weighted by Crippen LogP contribution is 2.24. The van der Waals surface area contributed by atoms with E-state index >= 15 is 0 Å². The van der Waals surface area contributed by atoms with Crippen molar-refractivity contribution >= 4 is 28.9 Å². The number of rotatable bonds is 5. The third-order valence-corrected chi connectivity index (χ3v) is 3.03. The van der Waals surface area contributed by atoms with Crippen molar-refractivity contribution in [2.45, 2.75) is 26.3 Å². The van der Waals surface area contributed by atoms with Crippen LogP contribution >= 0.6 is 11.6 Å². The van der Waals surface area contributed by atoms with Gasteiger partial charge in [0.25, 0.3) is 5.91 Å². The van der Waals surface area contributed by atoms with Crippen LogP contribution in [-0.2, 0) is 4.79 Å². The second-order valence-corrected chi connectivity index (χ2v) is 4.74. The van der Waals surface area contributed by atoms with Crippen molar-refractivity contribution in [3.8, 4) is 6.07 Å². The summed E-state index contributed by atoms with van der Waals surface area (Å²) in [7, 11) is 0. The first-order valence-electron chi connectivity index (χ1n) is 6.20. The number of anilines is 2. The zero-order valence-electron chi connectivity index (χ0n) is 11.4. The Hall–Kier alpha value is -2.19. The molecule has 0 fully saturated rings. The molecule has 0 saturated carbocycles. The second kappa shape index (κ2) is 7.41. The zero-order chi connectivity index (χ0) is 15.1. The van der Waals surface area contributed by atoms with E-state index in [2.05, 4.69) is 10.6 Å². The fraction of sp³-hybridized carbons (Fsp3) is 0.286. The number of carbonyl (C=O) groups is 1. The van der Waals surface area contributed by atoms with E-state index in [-0.39, 0.29) is 11.6 Å². The van der Waals surface area contributed by atoms with Gasteiger partial charge in [-0.25, -0.2) is 0 Å². The van der Waals surface area contributed by atoms with Crippen LogP contribution in [0.25, 0.3) is 0 Å². The molecule has 0 radical (unpaired) electrons.